The van der Waals surface area contributed by atoms with Crippen LogP contribution in [0.2, 0.25) is 10.0 Å². The first-order valence-corrected chi connectivity index (χ1v) is 9.59. The maximum absolute atomic E-state index is 12.4. The lowest BCUT2D eigenvalue weighted by Crippen LogP contribution is -2.34. The molecule has 0 heterocycles. The summed E-state index contributed by atoms with van der Waals surface area (Å²) in [5, 5.41) is 0.356. The molecule has 24 heavy (non-hydrogen) atoms. The predicted molar refractivity (Wildman–Crippen MR) is 93.8 cm³/mol. The largest absolute Gasteiger partial charge is 0.480 e. The first kappa shape index (κ1) is 22.1. The molecule has 0 aliphatic heterocycles. The van der Waals surface area contributed by atoms with E-state index in [1.54, 1.807) is 12.1 Å². The Labute approximate surface area is 163 Å². The van der Waals surface area contributed by atoms with Gasteiger partial charge in [-0.15, -0.1) is 0 Å². The molecular weight excluding hydrogens is 448 g/mol. The Bertz CT molecular complexity index is 627. The molecule has 1 atom stereocenters. The van der Waals surface area contributed by atoms with E-state index in [-0.39, 0.29) is 15.8 Å². The van der Waals surface area contributed by atoms with Gasteiger partial charge < -0.3 is 18.5 Å². The Kier molecular flexibility index (Phi) is 8.44. The van der Waals surface area contributed by atoms with E-state index < -0.39 is 29.8 Å². The third-order valence-electron chi connectivity index (χ3n) is 2.58. The molecule has 1 aromatic carbocycles. The van der Waals surface area contributed by atoms with Crippen LogP contribution in [0.1, 0.15) is 0 Å². The summed E-state index contributed by atoms with van der Waals surface area (Å²) < 4.78 is 29.6. The van der Waals surface area contributed by atoms with Gasteiger partial charge in [-0.05, 0) is 12.1 Å². The highest BCUT2D eigenvalue weighted by atomic mass is 35.6. The third-order valence-corrected chi connectivity index (χ3v) is 6.52. The second-order valence-corrected chi connectivity index (χ2v) is 9.56. The average molecular weight is 460 g/mol. The zero-order valence-corrected chi connectivity index (χ0v) is 17.0. The van der Waals surface area contributed by atoms with Crippen molar-refractivity contribution in [3.63, 3.8) is 0 Å². The molecule has 0 bridgehead atoms. The highest BCUT2D eigenvalue weighted by molar-refractivity contribution is 7.55. The molecule has 0 N–H and O–H groups in total. The SMILES string of the molecule is COP(=O)(OC)C(OC(=O)COc1cccc(Cl)c1Cl)C(Cl)(Cl)Cl. The molecule has 0 aromatic heterocycles. The molecule has 0 aliphatic carbocycles. The van der Waals surface area contributed by atoms with Crippen LogP contribution in [-0.2, 0) is 23.1 Å². The second kappa shape index (κ2) is 9.15. The first-order chi connectivity index (χ1) is 11.0. The number of alkyl halides is 3. The van der Waals surface area contributed by atoms with Crippen molar-refractivity contribution >= 4 is 71.6 Å². The number of halogens is 5. The van der Waals surface area contributed by atoms with Gasteiger partial charge in [-0.25, -0.2) is 4.79 Å². The normalized spacial score (nSPS) is 13.5. The van der Waals surface area contributed by atoms with Crippen LogP contribution in [0, 0.1) is 0 Å². The summed E-state index contributed by atoms with van der Waals surface area (Å²) in [6.07, 6.45) is 0. The quantitative estimate of drug-likeness (QED) is 0.320. The van der Waals surface area contributed by atoms with Gasteiger partial charge >= 0.3 is 13.6 Å². The van der Waals surface area contributed by atoms with Gasteiger partial charge in [0.2, 0.25) is 9.64 Å². The molecule has 136 valence electrons. The molecule has 0 spiro atoms. The number of carbonyl (C=O) groups is 1. The fourth-order valence-corrected chi connectivity index (χ4v) is 4.16. The monoisotopic (exact) mass is 458 g/mol. The van der Waals surface area contributed by atoms with Gasteiger partial charge in [0.1, 0.15) is 10.8 Å². The van der Waals surface area contributed by atoms with E-state index in [9.17, 15) is 9.36 Å². The average Bonchev–Trinajstić information content (AvgIpc) is 2.52. The van der Waals surface area contributed by atoms with Crippen molar-refractivity contribution in [1.29, 1.82) is 0 Å². The van der Waals surface area contributed by atoms with Crippen LogP contribution in [0.25, 0.3) is 0 Å². The second-order valence-electron chi connectivity index (χ2n) is 4.13. The van der Waals surface area contributed by atoms with Crippen LogP contribution in [0.15, 0.2) is 18.2 Å². The zero-order chi connectivity index (χ0) is 18.5. The standard InChI is InChI=1S/C12H12Cl5O6P/c1-20-24(19,21-2)11(12(15,16)17)23-9(18)6-22-8-5-3-4-7(13)10(8)14/h3-5,11H,6H2,1-2H3. The fourth-order valence-electron chi connectivity index (χ4n) is 1.47. The lowest BCUT2D eigenvalue weighted by atomic mass is 10.3. The van der Waals surface area contributed by atoms with Crippen molar-refractivity contribution in [1.82, 2.24) is 0 Å². The highest BCUT2D eigenvalue weighted by Crippen LogP contribution is 2.59. The molecule has 0 aliphatic rings. The van der Waals surface area contributed by atoms with Crippen LogP contribution in [-0.4, -0.2) is 36.4 Å². The van der Waals surface area contributed by atoms with Crippen LogP contribution in [0.5, 0.6) is 5.75 Å². The minimum absolute atomic E-state index is 0.115. The number of rotatable bonds is 7. The number of esters is 1. The Hall–Kier alpha value is 0.0900. The summed E-state index contributed by atoms with van der Waals surface area (Å²) in [7, 11) is -1.90. The van der Waals surface area contributed by atoms with E-state index in [1.807, 2.05) is 0 Å². The van der Waals surface area contributed by atoms with Gasteiger partial charge in [0, 0.05) is 14.2 Å². The predicted octanol–water partition coefficient (Wildman–Crippen LogP) is 5.10. The summed E-state index contributed by atoms with van der Waals surface area (Å²) >= 11 is 28.8. The number of hydrogen-bond donors (Lipinski definition) is 0. The van der Waals surface area contributed by atoms with Gasteiger partial charge in [0.05, 0.1) is 5.02 Å². The smallest absolute Gasteiger partial charge is 0.374 e. The minimum atomic E-state index is -4.02. The lowest BCUT2D eigenvalue weighted by molar-refractivity contribution is -0.148. The summed E-state index contributed by atoms with van der Waals surface area (Å²) in [6.45, 7) is -0.606. The summed E-state index contributed by atoms with van der Waals surface area (Å²) in [5.41, 5.74) is 0. The number of ether oxygens (including phenoxy) is 2. The molecule has 0 saturated carbocycles. The van der Waals surface area contributed by atoms with Crippen molar-refractivity contribution in [2.75, 3.05) is 20.8 Å². The summed E-state index contributed by atoms with van der Waals surface area (Å²) in [6, 6.07) is 4.60. The number of benzene rings is 1. The van der Waals surface area contributed by atoms with Crippen molar-refractivity contribution in [2.45, 2.75) is 9.64 Å². The Morgan fingerprint density at radius 3 is 2.29 bits per heavy atom. The Morgan fingerprint density at radius 2 is 1.79 bits per heavy atom. The molecule has 1 aromatic rings. The Balaban J connectivity index is 2.83. The van der Waals surface area contributed by atoms with Gasteiger partial charge in [0.25, 0.3) is 0 Å². The number of hydrogen-bond acceptors (Lipinski definition) is 6. The fraction of sp³-hybridized carbons (Fsp3) is 0.417. The van der Waals surface area contributed by atoms with Crippen LogP contribution in [0.4, 0.5) is 0 Å². The topological polar surface area (TPSA) is 71.1 Å². The van der Waals surface area contributed by atoms with E-state index in [0.717, 1.165) is 14.2 Å². The van der Waals surface area contributed by atoms with E-state index in [1.165, 1.54) is 6.07 Å². The first-order valence-electron chi connectivity index (χ1n) is 6.09. The van der Waals surface area contributed by atoms with Crippen LogP contribution in [0.3, 0.4) is 0 Å². The number of carbonyl (C=O) groups excluding carboxylic acids is 1. The summed E-state index contributed by atoms with van der Waals surface area (Å²) in [4.78, 5) is 11.9. The van der Waals surface area contributed by atoms with Gasteiger partial charge in [-0.1, -0.05) is 64.1 Å². The van der Waals surface area contributed by atoms with Crippen LogP contribution >= 0.6 is 65.6 Å². The molecule has 0 radical (unpaired) electrons. The van der Waals surface area contributed by atoms with E-state index in [0.29, 0.717) is 0 Å². The van der Waals surface area contributed by atoms with E-state index in [4.69, 9.17) is 76.5 Å². The van der Waals surface area contributed by atoms with Crippen molar-refractivity contribution in [2.24, 2.45) is 0 Å². The van der Waals surface area contributed by atoms with Crippen molar-refractivity contribution < 1.29 is 27.9 Å². The maximum Gasteiger partial charge on any atom is 0.374 e. The van der Waals surface area contributed by atoms with Crippen molar-refractivity contribution in [3.8, 4) is 5.75 Å². The van der Waals surface area contributed by atoms with E-state index in [2.05, 4.69) is 0 Å². The summed E-state index contributed by atoms with van der Waals surface area (Å²) in [5.74, 6) is -2.64. The molecule has 0 fully saturated rings. The molecular formula is C12H12Cl5O6P. The zero-order valence-electron chi connectivity index (χ0n) is 12.3. The van der Waals surface area contributed by atoms with Crippen LogP contribution < -0.4 is 4.74 Å². The van der Waals surface area contributed by atoms with Gasteiger partial charge in [-0.2, -0.15) is 0 Å². The molecule has 1 rings (SSSR count). The minimum Gasteiger partial charge on any atom is -0.480 e. The van der Waals surface area contributed by atoms with E-state index >= 15 is 0 Å². The van der Waals surface area contributed by atoms with Gasteiger partial charge in [0.15, 0.2) is 6.61 Å². The molecule has 6 nitrogen and oxygen atoms in total. The Morgan fingerprint density at radius 1 is 1.21 bits per heavy atom. The maximum atomic E-state index is 12.4. The highest BCUT2D eigenvalue weighted by Gasteiger charge is 2.51. The molecule has 0 saturated heterocycles. The van der Waals surface area contributed by atoms with Gasteiger partial charge in [-0.3, -0.25) is 4.57 Å². The molecule has 1 unspecified atom stereocenters. The van der Waals surface area contributed by atoms with Crippen molar-refractivity contribution in [3.05, 3.63) is 28.2 Å². The lowest BCUT2D eigenvalue weighted by Gasteiger charge is -2.28. The molecule has 12 heteroatoms. The molecule has 0 amide bonds. The third kappa shape index (κ3) is 5.82.